The third-order valence-corrected chi connectivity index (χ3v) is 5.74. The van der Waals surface area contributed by atoms with Gasteiger partial charge < -0.3 is 9.84 Å². The number of benzene rings is 1. The molecule has 3 aromatic rings. The van der Waals surface area contributed by atoms with Crippen molar-refractivity contribution in [3.05, 3.63) is 36.0 Å². The van der Waals surface area contributed by atoms with Crippen molar-refractivity contribution in [3.63, 3.8) is 0 Å². The summed E-state index contributed by atoms with van der Waals surface area (Å²) < 4.78 is 30.6. The van der Waals surface area contributed by atoms with Crippen LogP contribution in [0.5, 0.6) is 0 Å². The first-order chi connectivity index (χ1) is 12.5. The molecule has 1 N–H and O–H groups in total. The topological polar surface area (TPSA) is 76.7 Å². The SMILES string of the molecule is CC(C)c1noc(CSc2nnc(Nc3ccc(SC(F)F)cc3)s2)n1. The molecule has 2 heterocycles. The summed E-state index contributed by atoms with van der Waals surface area (Å²) >= 11 is 3.37. The second-order valence-corrected chi connectivity index (χ2v) is 8.65. The van der Waals surface area contributed by atoms with Crippen molar-refractivity contribution >= 4 is 45.7 Å². The first-order valence-electron chi connectivity index (χ1n) is 7.60. The summed E-state index contributed by atoms with van der Waals surface area (Å²) in [5.41, 5.74) is 0.759. The zero-order chi connectivity index (χ0) is 18.5. The Bertz CT molecular complexity index is 838. The van der Waals surface area contributed by atoms with Crippen LogP contribution in [0.2, 0.25) is 0 Å². The van der Waals surface area contributed by atoms with E-state index in [9.17, 15) is 8.78 Å². The number of hydrogen-bond donors (Lipinski definition) is 1. The molecule has 0 aliphatic carbocycles. The second-order valence-electron chi connectivity index (χ2n) is 5.39. The third kappa shape index (κ3) is 5.39. The van der Waals surface area contributed by atoms with Gasteiger partial charge in [-0.2, -0.15) is 13.8 Å². The first-order valence-corrected chi connectivity index (χ1v) is 10.3. The maximum absolute atomic E-state index is 12.3. The number of halogens is 2. The molecule has 6 nitrogen and oxygen atoms in total. The van der Waals surface area contributed by atoms with Gasteiger partial charge in [0.2, 0.25) is 11.0 Å². The summed E-state index contributed by atoms with van der Waals surface area (Å²) in [6.07, 6.45) is 0. The van der Waals surface area contributed by atoms with E-state index >= 15 is 0 Å². The maximum Gasteiger partial charge on any atom is 0.288 e. The van der Waals surface area contributed by atoms with Crippen LogP contribution in [0.15, 0.2) is 38.0 Å². The molecule has 3 rings (SSSR count). The summed E-state index contributed by atoms with van der Waals surface area (Å²) in [7, 11) is 0. The van der Waals surface area contributed by atoms with Crippen LogP contribution < -0.4 is 5.32 Å². The molecular formula is C15H15F2N5OS3. The number of hydrogen-bond acceptors (Lipinski definition) is 9. The molecule has 138 valence electrons. The second kappa shape index (κ2) is 8.78. The van der Waals surface area contributed by atoms with Crippen LogP contribution in [-0.4, -0.2) is 26.1 Å². The molecule has 0 amide bonds. The molecule has 0 aliphatic heterocycles. The quantitative estimate of drug-likeness (QED) is 0.490. The van der Waals surface area contributed by atoms with Gasteiger partial charge in [0.25, 0.3) is 5.76 Å². The van der Waals surface area contributed by atoms with Gasteiger partial charge in [-0.25, -0.2) is 0 Å². The number of rotatable bonds is 8. The van der Waals surface area contributed by atoms with Crippen molar-refractivity contribution in [1.29, 1.82) is 0 Å². The highest BCUT2D eigenvalue weighted by Gasteiger charge is 2.12. The van der Waals surface area contributed by atoms with Crippen molar-refractivity contribution in [2.45, 2.75) is 40.5 Å². The van der Waals surface area contributed by atoms with Gasteiger partial charge in [-0.3, -0.25) is 0 Å². The Morgan fingerprint density at radius 3 is 2.62 bits per heavy atom. The van der Waals surface area contributed by atoms with Crippen LogP contribution in [0.4, 0.5) is 19.6 Å². The molecule has 0 unspecified atom stereocenters. The third-order valence-electron chi connectivity index (χ3n) is 3.06. The zero-order valence-corrected chi connectivity index (χ0v) is 16.3. The van der Waals surface area contributed by atoms with E-state index < -0.39 is 5.76 Å². The molecule has 0 saturated carbocycles. The van der Waals surface area contributed by atoms with E-state index in [1.807, 2.05) is 13.8 Å². The molecule has 11 heteroatoms. The number of aromatic nitrogens is 4. The number of anilines is 2. The Balaban J connectivity index is 1.54. The van der Waals surface area contributed by atoms with Gasteiger partial charge in [-0.15, -0.1) is 10.2 Å². The van der Waals surface area contributed by atoms with Crippen molar-refractivity contribution < 1.29 is 13.3 Å². The van der Waals surface area contributed by atoms with E-state index in [0.29, 0.717) is 39.3 Å². The molecule has 2 aromatic heterocycles. The highest BCUT2D eigenvalue weighted by molar-refractivity contribution is 8.00. The monoisotopic (exact) mass is 415 g/mol. The normalized spacial score (nSPS) is 11.5. The van der Waals surface area contributed by atoms with E-state index in [1.54, 1.807) is 24.3 Å². The van der Waals surface area contributed by atoms with Gasteiger partial charge in [0.1, 0.15) is 0 Å². The van der Waals surface area contributed by atoms with Crippen molar-refractivity contribution in [2.24, 2.45) is 0 Å². The summed E-state index contributed by atoms with van der Waals surface area (Å²) in [6.45, 7) is 4.01. The number of thioether (sulfide) groups is 2. The molecular weight excluding hydrogens is 400 g/mol. The Morgan fingerprint density at radius 2 is 1.96 bits per heavy atom. The highest BCUT2D eigenvalue weighted by Crippen LogP contribution is 2.31. The predicted molar refractivity (Wildman–Crippen MR) is 99.4 cm³/mol. The fraction of sp³-hybridized carbons (Fsp3) is 0.333. The Hall–Kier alpha value is -1.72. The van der Waals surface area contributed by atoms with E-state index in [2.05, 4.69) is 25.7 Å². The largest absolute Gasteiger partial charge is 0.338 e. The van der Waals surface area contributed by atoms with Gasteiger partial charge in [-0.05, 0) is 24.3 Å². The molecule has 1 aromatic carbocycles. The predicted octanol–water partition coefficient (Wildman–Crippen LogP) is 5.40. The fourth-order valence-corrected chi connectivity index (χ4v) is 3.96. The average molecular weight is 416 g/mol. The average Bonchev–Trinajstić information content (AvgIpc) is 3.23. The minimum Gasteiger partial charge on any atom is -0.338 e. The van der Waals surface area contributed by atoms with Gasteiger partial charge in [0.05, 0.1) is 5.75 Å². The lowest BCUT2D eigenvalue weighted by Gasteiger charge is -2.03. The molecule has 0 bridgehead atoms. The number of nitrogens with zero attached hydrogens (tertiary/aromatic N) is 4. The summed E-state index contributed by atoms with van der Waals surface area (Å²) in [6, 6.07) is 6.73. The van der Waals surface area contributed by atoms with E-state index in [-0.39, 0.29) is 5.92 Å². The number of alkyl halides is 2. The minimum absolute atomic E-state index is 0.223. The molecule has 0 aliphatic rings. The van der Waals surface area contributed by atoms with Crippen molar-refractivity contribution in [1.82, 2.24) is 20.3 Å². The number of nitrogens with one attached hydrogen (secondary N) is 1. The standard InChI is InChI=1S/C15H15F2N5OS3/c1-8(2)12-19-11(23-22-12)7-24-15-21-20-14(26-15)18-9-3-5-10(6-4-9)25-13(16)17/h3-6,8,13H,7H2,1-2H3,(H,18,20). The molecule has 0 radical (unpaired) electrons. The van der Waals surface area contributed by atoms with Gasteiger partial charge >= 0.3 is 0 Å². The minimum atomic E-state index is -2.42. The summed E-state index contributed by atoms with van der Waals surface area (Å²) in [5.74, 6) is -0.440. The van der Waals surface area contributed by atoms with Gasteiger partial charge in [0.15, 0.2) is 10.2 Å². The highest BCUT2D eigenvalue weighted by atomic mass is 32.2. The van der Waals surface area contributed by atoms with Crippen molar-refractivity contribution in [3.8, 4) is 0 Å². The van der Waals surface area contributed by atoms with Crippen molar-refractivity contribution in [2.75, 3.05) is 5.32 Å². The van der Waals surface area contributed by atoms with Crippen LogP contribution in [0.3, 0.4) is 0 Å². The molecule has 0 atom stereocenters. The van der Waals surface area contributed by atoms with E-state index in [0.717, 1.165) is 10.0 Å². The first kappa shape index (κ1) is 19.1. The smallest absolute Gasteiger partial charge is 0.288 e. The summed E-state index contributed by atoms with van der Waals surface area (Å²) in [5, 5.41) is 15.8. The zero-order valence-electron chi connectivity index (χ0n) is 13.8. The molecule has 26 heavy (non-hydrogen) atoms. The van der Waals surface area contributed by atoms with E-state index in [1.165, 1.54) is 23.1 Å². The Kier molecular flexibility index (Phi) is 6.43. The lowest BCUT2D eigenvalue weighted by atomic mass is 10.2. The summed E-state index contributed by atoms with van der Waals surface area (Å²) in [4.78, 5) is 4.83. The van der Waals surface area contributed by atoms with Crippen LogP contribution >= 0.6 is 34.9 Å². The van der Waals surface area contributed by atoms with Gasteiger partial charge in [0, 0.05) is 16.5 Å². The van der Waals surface area contributed by atoms with Crippen LogP contribution in [-0.2, 0) is 5.75 Å². The van der Waals surface area contributed by atoms with Crippen LogP contribution in [0.25, 0.3) is 0 Å². The molecule has 0 saturated heterocycles. The van der Waals surface area contributed by atoms with Crippen LogP contribution in [0.1, 0.15) is 31.5 Å². The Labute approximate surface area is 161 Å². The lowest BCUT2D eigenvalue weighted by Crippen LogP contribution is -1.90. The molecule has 0 spiro atoms. The Morgan fingerprint density at radius 1 is 1.19 bits per heavy atom. The fourth-order valence-electron chi connectivity index (χ4n) is 1.85. The van der Waals surface area contributed by atoms with Crippen LogP contribution in [0, 0.1) is 0 Å². The maximum atomic E-state index is 12.3. The van der Waals surface area contributed by atoms with Gasteiger partial charge in [-0.1, -0.05) is 53.9 Å². The lowest BCUT2D eigenvalue weighted by molar-refractivity contribution is 0.252. The van der Waals surface area contributed by atoms with E-state index in [4.69, 9.17) is 4.52 Å². The molecule has 0 fully saturated rings.